The van der Waals surface area contributed by atoms with Gasteiger partial charge in [-0.1, -0.05) is 41.0 Å². The molecule has 1 aromatic heterocycles. The molecule has 0 spiro atoms. The van der Waals surface area contributed by atoms with Crippen molar-refractivity contribution in [1.29, 1.82) is 0 Å². The van der Waals surface area contributed by atoms with Gasteiger partial charge in [0.15, 0.2) is 6.39 Å². The molecule has 1 saturated heterocycles. The highest BCUT2D eigenvalue weighted by Crippen LogP contribution is 2.10. The third-order valence-corrected chi connectivity index (χ3v) is 1.94. The standard InChI is InChI=1S/C6H12O.C4H5NO.C3H8.C2H6/c1-6-3-2-4-7-5-6;1-4-2-5-3-6-4;1-3-2;1-2/h6H,2-5H2,1H3;2-3H,1H3;3H2,1-2H3;1-2H3. The Morgan fingerprint density at radius 2 is 1.94 bits per heavy atom. The van der Waals surface area contributed by atoms with Crippen molar-refractivity contribution in [1.82, 2.24) is 4.98 Å². The van der Waals surface area contributed by atoms with Crippen LogP contribution in [0.3, 0.4) is 0 Å². The average Bonchev–Trinajstić information content (AvgIpc) is 2.86. The van der Waals surface area contributed by atoms with Gasteiger partial charge >= 0.3 is 0 Å². The number of aryl methyl sites for hydroxylation is 1. The third kappa shape index (κ3) is 15.2. The van der Waals surface area contributed by atoms with Crippen LogP contribution in [0.5, 0.6) is 0 Å². The molecule has 2 rings (SSSR count). The lowest BCUT2D eigenvalue weighted by Crippen LogP contribution is -2.13. The Bertz CT molecular complexity index is 216. The maximum Gasteiger partial charge on any atom is 0.180 e. The van der Waals surface area contributed by atoms with Gasteiger partial charge in [-0.2, -0.15) is 0 Å². The van der Waals surface area contributed by atoms with Crippen LogP contribution in [0.15, 0.2) is 17.0 Å². The minimum atomic E-state index is 0.814. The van der Waals surface area contributed by atoms with E-state index in [2.05, 4.69) is 25.8 Å². The van der Waals surface area contributed by atoms with Crippen LogP contribution < -0.4 is 0 Å². The third-order valence-electron chi connectivity index (χ3n) is 1.94. The summed E-state index contributed by atoms with van der Waals surface area (Å²) >= 11 is 0. The van der Waals surface area contributed by atoms with Gasteiger partial charge in [-0.15, -0.1) is 0 Å². The van der Waals surface area contributed by atoms with Crippen molar-refractivity contribution in [2.75, 3.05) is 13.2 Å². The van der Waals surface area contributed by atoms with Crippen LogP contribution in [-0.4, -0.2) is 18.2 Å². The molecule has 0 bridgehead atoms. The quantitative estimate of drug-likeness (QED) is 0.666. The van der Waals surface area contributed by atoms with Gasteiger partial charge in [-0.25, -0.2) is 4.98 Å². The molecule has 1 aliphatic heterocycles. The molecule has 3 nitrogen and oxygen atoms in total. The Morgan fingerprint density at radius 3 is 2.11 bits per heavy atom. The zero-order valence-corrected chi connectivity index (χ0v) is 13.0. The van der Waals surface area contributed by atoms with Crippen molar-refractivity contribution in [3.05, 3.63) is 18.4 Å². The first-order valence-corrected chi connectivity index (χ1v) is 7.13. The largest absolute Gasteiger partial charge is 0.449 e. The number of hydrogen-bond donors (Lipinski definition) is 0. The van der Waals surface area contributed by atoms with E-state index >= 15 is 0 Å². The summed E-state index contributed by atoms with van der Waals surface area (Å²) < 4.78 is 9.90. The molecule has 1 aliphatic rings. The lowest BCUT2D eigenvalue weighted by atomic mass is 10.1. The minimum absolute atomic E-state index is 0.814. The first kappa shape index (κ1) is 19.5. The van der Waals surface area contributed by atoms with Gasteiger partial charge in [0.1, 0.15) is 5.76 Å². The Hall–Kier alpha value is -0.830. The maximum absolute atomic E-state index is 5.18. The molecule has 1 aromatic rings. The summed E-state index contributed by atoms with van der Waals surface area (Å²) in [4.78, 5) is 3.66. The summed E-state index contributed by atoms with van der Waals surface area (Å²) in [6.45, 7) is 14.3. The lowest BCUT2D eigenvalue weighted by Gasteiger charge is -2.16. The van der Waals surface area contributed by atoms with Crippen molar-refractivity contribution in [2.45, 2.75) is 60.8 Å². The zero-order chi connectivity index (χ0) is 14.2. The van der Waals surface area contributed by atoms with E-state index < -0.39 is 0 Å². The van der Waals surface area contributed by atoms with Gasteiger partial charge in [0.2, 0.25) is 0 Å². The number of aromatic nitrogens is 1. The number of hydrogen-bond acceptors (Lipinski definition) is 3. The van der Waals surface area contributed by atoms with Crippen molar-refractivity contribution in [3.8, 4) is 0 Å². The summed E-state index contributed by atoms with van der Waals surface area (Å²) in [5, 5.41) is 0. The highest BCUT2D eigenvalue weighted by Gasteiger charge is 2.06. The topological polar surface area (TPSA) is 35.3 Å². The average molecular weight is 257 g/mol. The summed E-state index contributed by atoms with van der Waals surface area (Å²) in [7, 11) is 0. The molecule has 0 saturated carbocycles. The van der Waals surface area contributed by atoms with Crippen LogP contribution in [0, 0.1) is 12.8 Å². The van der Waals surface area contributed by atoms with Gasteiger partial charge in [0.25, 0.3) is 0 Å². The van der Waals surface area contributed by atoms with Crippen molar-refractivity contribution in [2.24, 2.45) is 5.92 Å². The number of rotatable bonds is 0. The SMILES string of the molecule is CC.CC1CCCOC1.CCC.Cc1cnco1. The van der Waals surface area contributed by atoms with E-state index in [1.54, 1.807) is 6.20 Å². The fourth-order valence-corrected chi connectivity index (χ4v) is 1.18. The predicted octanol–water partition coefficient (Wildman–Crippen LogP) is 4.86. The van der Waals surface area contributed by atoms with Crippen LogP contribution >= 0.6 is 0 Å². The van der Waals surface area contributed by atoms with Gasteiger partial charge < -0.3 is 9.15 Å². The van der Waals surface area contributed by atoms with Gasteiger partial charge in [0.05, 0.1) is 6.20 Å². The normalized spacial score (nSPS) is 17.1. The smallest absolute Gasteiger partial charge is 0.180 e. The van der Waals surface area contributed by atoms with E-state index in [1.165, 1.54) is 25.7 Å². The van der Waals surface area contributed by atoms with Crippen LogP contribution in [0.4, 0.5) is 0 Å². The van der Waals surface area contributed by atoms with E-state index in [-0.39, 0.29) is 0 Å². The predicted molar refractivity (Wildman–Crippen MR) is 77.8 cm³/mol. The maximum atomic E-state index is 5.18. The molecular weight excluding hydrogens is 226 g/mol. The number of nitrogens with zero attached hydrogens (tertiary/aromatic N) is 1. The molecule has 0 aromatic carbocycles. The first-order valence-electron chi connectivity index (χ1n) is 7.13. The second-order valence-corrected chi connectivity index (χ2v) is 4.14. The Labute approximate surface area is 113 Å². The van der Waals surface area contributed by atoms with Gasteiger partial charge in [-0.05, 0) is 25.7 Å². The van der Waals surface area contributed by atoms with Crippen LogP contribution in [0.2, 0.25) is 0 Å². The molecule has 18 heavy (non-hydrogen) atoms. The number of ether oxygens (including phenoxy) is 1. The van der Waals surface area contributed by atoms with Crippen molar-refractivity contribution in [3.63, 3.8) is 0 Å². The molecule has 1 fully saturated rings. The van der Waals surface area contributed by atoms with E-state index in [9.17, 15) is 0 Å². The molecular formula is C15H31NO2. The Kier molecular flexibility index (Phi) is 17.5. The highest BCUT2D eigenvalue weighted by molar-refractivity contribution is 4.81. The Balaban J connectivity index is 0. The molecule has 2 heterocycles. The van der Waals surface area contributed by atoms with E-state index in [1.807, 2.05) is 20.8 Å². The van der Waals surface area contributed by atoms with Gasteiger partial charge in [-0.3, -0.25) is 0 Å². The first-order chi connectivity index (χ1) is 8.70. The number of oxazole rings is 1. The highest BCUT2D eigenvalue weighted by atomic mass is 16.5. The van der Waals surface area contributed by atoms with Crippen LogP contribution in [-0.2, 0) is 4.74 Å². The molecule has 1 atom stereocenters. The lowest BCUT2D eigenvalue weighted by molar-refractivity contribution is 0.0616. The van der Waals surface area contributed by atoms with Gasteiger partial charge in [0, 0.05) is 13.2 Å². The van der Waals surface area contributed by atoms with Crippen molar-refractivity contribution >= 4 is 0 Å². The molecule has 3 heteroatoms. The Morgan fingerprint density at radius 1 is 1.33 bits per heavy atom. The minimum Gasteiger partial charge on any atom is -0.449 e. The summed E-state index contributed by atoms with van der Waals surface area (Å²) in [6, 6.07) is 0. The molecule has 0 aliphatic carbocycles. The molecule has 0 N–H and O–H groups in total. The summed E-state index contributed by atoms with van der Waals surface area (Å²) in [6.07, 6.45) is 6.95. The summed E-state index contributed by atoms with van der Waals surface area (Å²) in [5.41, 5.74) is 0. The van der Waals surface area contributed by atoms with Crippen molar-refractivity contribution < 1.29 is 9.15 Å². The van der Waals surface area contributed by atoms with E-state index in [0.717, 1.165) is 24.9 Å². The van der Waals surface area contributed by atoms with E-state index in [0.29, 0.717) is 0 Å². The molecule has 0 amide bonds. The monoisotopic (exact) mass is 257 g/mol. The van der Waals surface area contributed by atoms with Crippen LogP contribution in [0.1, 0.15) is 59.6 Å². The second kappa shape index (κ2) is 16.2. The molecule has 108 valence electrons. The molecule has 0 radical (unpaired) electrons. The fraction of sp³-hybridized carbons (Fsp3) is 0.800. The summed E-state index contributed by atoms with van der Waals surface area (Å²) in [5.74, 6) is 1.67. The van der Waals surface area contributed by atoms with E-state index in [4.69, 9.17) is 9.15 Å². The zero-order valence-electron chi connectivity index (χ0n) is 13.0. The fourth-order valence-electron chi connectivity index (χ4n) is 1.18. The molecule has 1 unspecified atom stereocenters. The second-order valence-electron chi connectivity index (χ2n) is 4.14. The van der Waals surface area contributed by atoms with Crippen LogP contribution in [0.25, 0.3) is 0 Å².